The number of likely N-dealkylation sites (tertiary alicyclic amines) is 1. The predicted octanol–water partition coefficient (Wildman–Crippen LogP) is 2.55. The molecule has 1 atom stereocenters. The van der Waals surface area contributed by atoms with Crippen LogP contribution in [0.1, 0.15) is 56.7 Å². The van der Waals surface area contributed by atoms with Crippen molar-refractivity contribution in [2.75, 3.05) is 13.1 Å². The Hall–Kier alpha value is -0.970. The lowest BCUT2D eigenvalue weighted by Crippen LogP contribution is -2.56. The number of hydrogen-bond donors (Lipinski definition) is 2. The smallest absolute Gasteiger partial charge is 0.0661 e. The van der Waals surface area contributed by atoms with E-state index in [0.717, 1.165) is 12.8 Å². The normalized spacial score (nSPS) is 18.4. The second kappa shape index (κ2) is 6.66. The van der Waals surface area contributed by atoms with Crippen molar-refractivity contribution in [3.8, 4) is 0 Å². The highest BCUT2D eigenvalue weighted by molar-refractivity contribution is 5.28. The van der Waals surface area contributed by atoms with E-state index in [4.69, 9.17) is 5.84 Å². The Kier molecular flexibility index (Phi) is 5.13. The van der Waals surface area contributed by atoms with E-state index in [0.29, 0.717) is 0 Å². The van der Waals surface area contributed by atoms with Crippen LogP contribution in [0.3, 0.4) is 0 Å². The lowest BCUT2D eigenvalue weighted by molar-refractivity contribution is 0.0613. The summed E-state index contributed by atoms with van der Waals surface area (Å²) in [5.41, 5.74) is 5.66. The van der Waals surface area contributed by atoms with Crippen LogP contribution in [0.4, 0.5) is 0 Å². The molecule has 2 heterocycles. The SMILES string of the molecule is CCC(CC)(C(NN)c1cnccc1C)N1CCCC1. The maximum absolute atomic E-state index is 5.97. The van der Waals surface area contributed by atoms with E-state index in [2.05, 4.69) is 42.1 Å². The van der Waals surface area contributed by atoms with E-state index < -0.39 is 0 Å². The second-order valence-electron chi connectivity index (χ2n) is 5.84. The van der Waals surface area contributed by atoms with E-state index in [1.807, 2.05) is 12.4 Å². The molecule has 4 nitrogen and oxygen atoms in total. The van der Waals surface area contributed by atoms with Crippen molar-refractivity contribution >= 4 is 0 Å². The molecule has 1 aliphatic rings. The minimum atomic E-state index is 0.0824. The molecular formula is C16H28N4. The molecule has 112 valence electrons. The van der Waals surface area contributed by atoms with Gasteiger partial charge >= 0.3 is 0 Å². The van der Waals surface area contributed by atoms with Crippen LogP contribution in [0.5, 0.6) is 0 Å². The molecule has 20 heavy (non-hydrogen) atoms. The summed E-state index contributed by atoms with van der Waals surface area (Å²) in [4.78, 5) is 6.94. The number of nitrogens with one attached hydrogen (secondary N) is 1. The van der Waals surface area contributed by atoms with Crippen LogP contribution in [0.2, 0.25) is 0 Å². The molecule has 1 fully saturated rings. The number of hydrazine groups is 1. The molecule has 0 radical (unpaired) electrons. The molecule has 3 N–H and O–H groups in total. The van der Waals surface area contributed by atoms with Crippen LogP contribution < -0.4 is 11.3 Å². The highest BCUT2D eigenvalue weighted by Gasteiger charge is 2.42. The molecular weight excluding hydrogens is 248 g/mol. The van der Waals surface area contributed by atoms with E-state index in [-0.39, 0.29) is 11.6 Å². The van der Waals surface area contributed by atoms with Gasteiger partial charge in [0.2, 0.25) is 0 Å². The molecule has 1 unspecified atom stereocenters. The fourth-order valence-corrected chi connectivity index (χ4v) is 3.76. The largest absolute Gasteiger partial charge is 0.296 e. The molecule has 1 aliphatic heterocycles. The first-order valence-electron chi connectivity index (χ1n) is 7.81. The zero-order valence-electron chi connectivity index (χ0n) is 13.0. The Morgan fingerprint density at radius 2 is 2.00 bits per heavy atom. The Labute approximate surface area is 122 Å². The summed E-state index contributed by atoms with van der Waals surface area (Å²) in [6.07, 6.45) is 8.59. The van der Waals surface area contributed by atoms with E-state index >= 15 is 0 Å². The van der Waals surface area contributed by atoms with Crippen molar-refractivity contribution in [1.29, 1.82) is 0 Å². The van der Waals surface area contributed by atoms with Gasteiger partial charge in [-0.1, -0.05) is 13.8 Å². The Morgan fingerprint density at radius 3 is 2.50 bits per heavy atom. The third kappa shape index (κ3) is 2.60. The maximum atomic E-state index is 5.97. The summed E-state index contributed by atoms with van der Waals surface area (Å²) in [6.45, 7) is 9.05. The van der Waals surface area contributed by atoms with Crippen molar-refractivity contribution < 1.29 is 0 Å². The van der Waals surface area contributed by atoms with E-state index in [1.54, 1.807) is 0 Å². The molecule has 0 bridgehead atoms. The quantitative estimate of drug-likeness (QED) is 0.619. The molecule has 1 aromatic heterocycles. The predicted molar refractivity (Wildman–Crippen MR) is 83.2 cm³/mol. The lowest BCUT2D eigenvalue weighted by atomic mass is 9.79. The molecule has 0 amide bonds. The van der Waals surface area contributed by atoms with Crippen molar-refractivity contribution in [2.45, 2.75) is 58.0 Å². The minimum Gasteiger partial charge on any atom is -0.296 e. The maximum Gasteiger partial charge on any atom is 0.0661 e. The van der Waals surface area contributed by atoms with Gasteiger partial charge in [0.1, 0.15) is 0 Å². The summed E-state index contributed by atoms with van der Waals surface area (Å²) in [6, 6.07) is 2.20. The fourth-order valence-electron chi connectivity index (χ4n) is 3.76. The first kappa shape index (κ1) is 15.4. The van der Waals surface area contributed by atoms with Gasteiger partial charge in [0.15, 0.2) is 0 Å². The molecule has 4 heteroatoms. The number of nitrogens with two attached hydrogens (primary N) is 1. The summed E-state index contributed by atoms with van der Waals surface area (Å²) in [7, 11) is 0. The van der Waals surface area contributed by atoms with Crippen LogP contribution in [0.15, 0.2) is 18.5 Å². The van der Waals surface area contributed by atoms with Crippen molar-refractivity contribution in [1.82, 2.24) is 15.3 Å². The van der Waals surface area contributed by atoms with Crippen LogP contribution in [0, 0.1) is 6.92 Å². The fraction of sp³-hybridized carbons (Fsp3) is 0.688. The first-order chi connectivity index (χ1) is 9.69. The van der Waals surface area contributed by atoms with Gasteiger partial charge in [0, 0.05) is 17.9 Å². The van der Waals surface area contributed by atoms with Crippen LogP contribution in [-0.2, 0) is 0 Å². The lowest BCUT2D eigenvalue weighted by Gasteiger charge is -2.47. The van der Waals surface area contributed by atoms with Gasteiger partial charge in [0.25, 0.3) is 0 Å². The summed E-state index contributed by atoms with van der Waals surface area (Å²) in [5, 5.41) is 0. The Balaban J connectivity index is 2.42. The minimum absolute atomic E-state index is 0.0824. The second-order valence-corrected chi connectivity index (χ2v) is 5.84. The highest BCUT2D eigenvalue weighted by atomic mass is 15.3. The van der Waals surface area contributed by atoms with Gasteiger partial charge in [-0.3, -0.25) is 21.2 Å². The molecule has 0 aliphatic carbocycles. The molecule has 0 spiro atoms. The highest BCUT2D eigenvalue weighted by Crippen LogP contribution is 2.39. The topological polar surface area (TPSA) is 54.2 Å². The molecule has 2 rings (SSSR count). The van der Waals surface area contributed by atoms with Crippen molar-refractivity contribution in [2.24, 2.45) is 5.84 Å². The summed E-state index contributed by atoms with van der Waals surface area (Å²) in [5.74, 6) is 5.97. The molecule has 1 saturated heterocycles. The first-order valence-corrected chi connectivity index (χ1v) is 7.81. The monoisotopic (exact) mass is 276 g/mol. The van der Waals surface area contributed by atoms with Crippen LogP contribution in [0.25, 0.3) is 0 Å². The molecule has 0 saturated carbocycles. The van der Waals surface area contributed by atoms with Crippen LogP contribution in [-0.4, -0.2) is 28.5 Å². The summed E-state index contributed by atoms with van der Waals surface area (Å²) >= 11 is 0. The standard InChI is InChI=1S/C16H28N4/c1-4-16(5-2,20-10-6-7-11-20)15(19-17)14-12-18-9-8-13(14)3/h8-9,12,15,19H,4-7,10-11,17H2,1-3H3. The summed E-state index contributed by atoms with van der Waals surface area (Å²) < 4.78 is 0. The Bertz CT molecular complexity index is 422. The number of rotatable bonds is 6. The number of aromatic nitrogens is 1. The average molecular weight is 276 g/mol. The van der Waals surface area contributed by atoms with Crippen LogP contribution >= 0.6 is 0 Å². The number of aryl methyl sites for hydroxylation is 1. The Morgan fingerprint density at radius 1 is 1.35 bits per heavy atom. The van der Waals surface area contributed by atoms with E-state index in [1.165, 1.54) is 37.1 Å². The number of hydrogen-bond acceptors (Lipinski definition) is 4. The van der Waals surface area contributed by atoms with Gasteiger partial charge in [0.05, 0.1) is 6.04 Å². The van der Waals surface area contributed by atoms with Crippen molar-refractivity contribution in [3.05, 3.63) is 29.6 Å². The number of pyridine rings is 1. The average Bonchev–Trinajstić information content (AvgIpc) is 3.01. The van der Waals surface area contributed by atoms with Gasteiger partial charge in [-0.2, -0.15) is 0 Å². The number of nitrogens with zero attached hydrogens (tertiary/aromatic N) is 2. The van der Waals surface area contributed by atoms with Gasteiger partial charge in [-0.05, 0) is 62.9 Å². The third-order valence-electron chi connectivity index (χ3n) is 5.05. The van der Waals surface area contributed by atoms with Gasteiger partial charge < -0.3 is 0 Å². The molecule has 0 aromatic carbocycles. The zero-order chi connectivity index (χ0) is 14.6. The van der Waals surface area contributed by atoms with E-state index in [9.17, 15) is 0 Å². The molecule has 1 aromatic rings. The van der Waals surface area contributed by atoms with Gasteiger partial charge in [-0.25, -0.2) is 0 Å². The van der Waals surface area contributed by atoms with Gasteiger partial charge in [-0.15, -0.1) is 0 Å². The third-order valence-corrected chi connectivity index (χ3v) is 5.05. The zero-order valence-corrected chi connectivity index (χ0v) is 13.0. The van der Waals surface area contributed by atoms with Crippen molar-refractivity contribution in [3.63, 3.8) is 0 Å².